The predicted molar refractivity (Wildman–Crippen MR) is 102 cm³/mol. The third kappa shape index (κ3) is 25.5. The van der Waals surface area contributed by atoms with Gasteiger partial charge in [0.05, 0.1) is 13.9 Å². The van der Waals surface area contributed by atoms with Crippen LogP contribution in [0, 0.1) is 5.92 Å². The van der Waals surface area contributed by atoms with Crippen LogP contribution in [0.25, 0.3) is 0 Å². The molecule has 0 saturated heterocycles. The molecule has 0 saturated carbocycles. The van der Waals surface area contributed by atoms with E-state index in [9.17, 15) is 14.4 Å². The molecule has 4 nitrogen and oxygen atoms in total. The van der Waals surface area contributed by atoms with Gasteiger partial charge in [-0.15, -0.1) is 0 Å². The minimum atomic E-state index is -4.88. The molecule has 0 aliphatic rings. The maximum atomic E-state index is 10.8. The van der Waals surface area contributed by atoms with E-state index >= 15 is 0 Å². The number of rotatable bonds is 18. The van der Waals surface area contributed by atoms with Crippen LogP contribution in [-0.4, -0.2) is 6.10 Å². The number of unbranched alkanes of at least 4 members (excludes halogenated alkanes) is 12. The minimum absolute atomic E-state index is 0. The topological polar surface area (TPSA) is 72.4 Å². The summed E-state index contributed by atoms with van der Waals surface area (Å²) in [6.07, 6.45) is 17.8. The van der Waals surface area contributed by atoms with Crippen molar-refractivity contribution in [2.45, 2.75) is 123 Å². The summed E-state index contributed by atoms with van der Waals surface area (Å²) >= 11 is 0. The smallest absolute Gasteiger partial charge is 0.790 e. The van der Waals surface area contributed by atoms with E-state index in [0.717, 1.165) is 19.3 Å². The Morgan fingerprint density at radius 1 is 0.741 bits per heavy atom. The van der Waals surface area contributed by atoms with Crippen LogP contribution in [0.2, 0.25) is 0 Å². The normalized spacial score (nSPS) is 13.5. The molecule has 27 heavy (non-hydrogen) atoms. The van der Waals surface area contributed by atoms with Crippen molar-refractivity contribution in [3.05, 3.63) is 0 Å². The fourth-order valence-corrected chi connectivity index (χ4v) is 3.88. The number of hydrogen-bond donors (Lipinski definition) is 0. The Hall–Kier alpha value is 3.38. The van der Waals surface area contributed by atoms with Gasteiger partial charge in [-0.1, -0.05) is 111 Å². The van der Waals surface area contributed by atoms with Gasteiger partial charge in [0.25, 0.3) is 0 Å². The third-order valence-corrected chi connectivity index (χ3v) is 5.66. The first-order chi connectivity index (χ1) is 11.9. The van der Waals surface area contributed by atoms with Crippen LogP contribution in [-0.2, 0) is 9.09 Å². The van der Waals surface area contributed by atoms with E-state index in [0.29, 0.717) is 6.42 Å². The second kappa shape index (κ2) is 24.0. The molecule has 2 atom stereocenters. The van der Waals surface area contributed by atoms with Crippen LogP contribution in [0.1, 0.15) is 117 Å². The number of phosphoric ester groups is 1. The van der Waals surface area contributed by atoms with Crippen LogP contribution in [0.3, 0.4) is 0 Å². The van der Waals surface area contributed by atoms with Crippen molar-refractivity contribution < 1.29 is 122 Å². The molecule has 2 unspecified atom stereocenters. The molecule has 0 aliphatic carbocycles. The average molecular weight is 455 g/mol. The molecule has 0 spiro atoms. The van der Waals surface area contributed by atoms with Crippen LogP contribution < -0.4 is 113 Å². The molecule has 0 heterocycles. The number of phosphoric acid groups is 1. The predicted octanol–water partition coefficient (Wildman–Crippen LogP) is -0.264. The van der Waals surface area contributed by atoms with Gasteiger partial charge in [-0.25, -0.2) is 0 Å². The van der Waals surface area contributed by atoms with E-state index < -0.39 is 13.9 Å². The van der Waals surface area contributed by atoms with E-state index in [2.05, 4.69) is 6.92 Å². The largest absolute Gasteiger partial charge is 1.00 e. The molecule has 0 aromatic rings. The zero-order valence-corrected chi connectivity index (χ0v) is 26.0. The maximum Gasteiger partial charge on any atom is 1.00 e. The molecule has 0 radical (unpaired) electrons. The Morgan fingerprint density at radius 3 is 1.44 bits per heavy atom. The maximum absolute atomic E-state index is 10.8. The van der Waals surface area contributed by atoms with Crippen LogP contribution in [0.4, 0.5) is 0 Å². The summed E-state index contributed by atoms with van der Waals surface area (Å²) in [6.45, 7) is 6.19. The van der Waals surface area contributed by atoms with Crippen LogP contribution in [0.15, 0.2) is 0 Å². The Bertz CT molecular complexity index is 340. The van der Waals surface area contributed by atoms with Crippen molar-refractivity contribution in [2.24, 2.45) is 5.92 Å². The summed E-state index contributed by atoms with van der Waals surface area (Å²) in [5.41, 5.74) is 0. The van der Waals surface area contributed by atoms with E-state index in [4.69, 9.17) is 4.52 Å². The molecule has 7 heteroatoms. The molecule has 0 bridgehead atoms. The SMILES string of the molecule is CCCCCCCCCCCCCCCC(OP(=O)([O-])[O-])C(C)CC.[K+].[K+]. The third-order valence-electron chi connectivity index (χ3n) is 5.14. The Morgan fingerprint density at radius 2 is 1.11 bits per heavy atom. The van der Waals surface area contributed by atoms with Gasteiger partial charge >= 0.3 is 103 Å². The first kappa shape index (κ1) is 35.0. The summed E-state index contributed by atoms with van der Waals surface area (Å²) in [5.74, 6) is 0.105. The molecule has 0 fully saturated rings. The Kier molecular flexibility index (Phi) is 31.1. The van der Waals surface area contributed by atoms with Crippen molar-refractivity contribution in [1.29, 1.82) is 0 Å². The zero-order valence-electron chi connectivity index (χ0n) is 18.8. The fraction of sp³-hybridized carbons (Fsp3) is 1.00. The molecule has 152 valence electrons. The van der Waals surface area contributed by atoms with Gasteiger partial charge in [0.2, 0.25) is 0 Å². The molecule has 0 aromatic carbocycles. The molecule has 0 N–H and O–H groups in total. The molecule has 0 rings (SSSR count). The quantitative estimate of drug-likeness (QED) is 0.162. The summed E-state index contributed by atoms with van der Waals surface area (Å²) in [6, 6.07) is 0. The summed E-state index contributed by atoms with van der Waals surface area (Å²) in [4.78, 5) is 21.7. The van der Waals surface area contributed by atoms with Gasteiger partial charge in [0, 0.05) is 0 Å². The van der Waals surface area contributed by atoms with Crippen LogP contribution >= 0.6 is 7.82 Å². The van der Waals surface area contributed by atoms with Gasteiger partial charge in [-0.2, -0.15) is 0 Å². The standard InChI is InChI=1S/C20H43O4P.2K/c1-4-6-7-8-9-10-11-12-13-14-15-16-17-18-20(19(3)5-2)24-25(21,22)23;;/h19-20H,4-18H2,1-3H3,(H2,21,22,23);;/q;2*+1/p-2. The average Bonchev–Trinajstić information content (AvgIpc) is 2.56. The molecule has 0 aromatic heterocycles. The van der Waals surface area contributed by atoms with Crippen molar-refractivity contribution in [2.75, 3.05) is 0 Å². The zero-order chi connectivity index (χ0) is 19.0. The van der Waals surface area contributed by atoms with E-state index in [-0.39, 0.29) is 109 Å². The van der Waals surface area contributed by atoms with Gasteiger partial charge in [-0.3, -0.25) is 0 Å². The van der Waals surface area contributed by atoms with Crippen LogP contribution in [0.5, 0.6) is 0 Å². The second-order valence-corrected chi connectivity index (χ2v) is 8.61. The van der Waals surface area contributed by atoms with Crippen molar-refractivity contribution in [1.82, 2.24) is 0 Å². The summed E-state index contributed by atoms with van der Waals surface area (Å²) < 4.78 is 15.6. The van der Waals surface area contributed by atoms with Gasteiger partial charge in [-0.05, 0) is 12.3 Å². The fourth-order valence-electron chi connectivity index (χ4n) is 3.23. The summed E-state index contributed by atoms with van der Waals surface area (Å²) in [7, 11) is -4.88. The van der Waals surface area contributed by atoms with Crippen molar-refractivity contribution >= 4 is 7.82 Å². The van der Waals surface area contributed by atoms with E-state index in [1.807, 2.05) is 13.8 Å². The van der Waals surface area contributed by atoms with Gasteiger partial charge < -0.3 is 18.9 Å². The van der Waals surface area contributed by atoms with E-state index in [1.165, 1.54) is 70.6 Å². The Balaban J connectivity index is -0.00000288. The molecular formula is C20H41K2O4P. The second-order valence-electron chi connectivity index (χ2n) is 7.51. The van der Waals surface area contributed by atoms with Crippen molar-refractivity contribution in [3.8, 4) is 0 Å². The monoisotopic (exact) mass is 454 g/mol. The number of hydrogen-bond acceptors (Lipinski definition) is 4. The molecular weight excluding hydrogens is 413 g/mol. The van der Waals surface area contributed by atoms with Crippen molar-refractivity contribution in [3.63, 3.8) is 0 Å². The van der Waals surface area contributed by atoms with Gasteiger partial charge in [0.1, 0.15) is 0 Å². The first-order valence-electron chi connectivity index (χ1n) is 10.6. The first-order valence-corrected chi connectivity index (χ1v) is 12.1. The molecule has 0 amide bonds. The van der Waals surface area contributed by atoms with Gasteiger partial charge in [0.15, 0.2) is 0 Å². The van der Waals surface area contributed by atoms with E-state index in [1.54, 1.807) is 0 Å². The minimum Gasteiger partial charge on any atom is -0.790 e. The molecule has 0 aliphatic heterocycles. The summed E-state index contributed by atoms with van der Waals surface area (Å²) in [5, 5.41) is 0. The Labute approximate surface area is 254 Å².